The average molecular weight is 377 g/mol. The minimum atomic E-state index is -0.0670. The molecule has 3 aromatic rings. The Hall–Kier alpha value is -2.79. The van der Waals surface area contributed by atoms with Crippen LogP contribution >= 0.6 is 0 Å². The third kappa shape index (κ3) is 3.90. The van der Waals surface area contributed by atoms with Gasteiger partial charge in [0, 0.05) is 31.0 Å². The highest BCUT2D eigenvalue weighted by molar-refractivity contribution is 5.99. The van der Waals surface area contributed by atoms with Gasteiger partial charge >= 0.3 is 0 Å². The Morgan fingerprint density at radius 3 is 2.64 bits per heavy atom. The maximum Gasteiger partial charge on any atom is 0.268 e. The van der Waals surface area contributed by atoms with Crippen molar-refractivity contribution in [2.75, 3.05) is 20.2 Å². The van der Waals surface area contributed by atoms with Crippen LogP contribution in [0.3, 0.4) is 0 Å². The van der Waals surface area contributed by atoms with Gasteiger partial charge in [-0.3, -0.25) is 9.69 Å². The summed E-state index contributed by atoms with van der Waals surface area (Å²) in [7, 11) is 3.57. The van der Waals surface area contributed by atoms with E-state index in [1.165, 1.54) is 31.5 Å². The van der Waals surface area contributed by atoms with Gasteiger partial charge < -0.3 is 14.6 Å². The Bertz CT molecular complexity index is 987. The van der Waals surface area contributed by atoms with E-state index in [1.807, 2.05) is 35.9 Å². The maximum absolute atomic E-state index is 12.8. The van der Waals surface area contributed by atoms with Gasteiger partial charge in [0.05, 0.1) is 7.11 Å². The molecule has 1 N–H and O–H groups in total. The molecular weight excluding hydrogens is 350 g/mol. The van der Waals surface area contributed by atoms with Gasteiger partial charge in [-0.05, 0) is 61.3 Å². The van der Waals surface area contributed by atoms with Gasteiger partial charge in [0.25, 0.3) is 5.91 Å². The molecule has 28 heavy (non-hydrogen) atoms. The van der Waals surface area contributed by atoms with E-state index in [0.717, 1.165) is 28.8 Å². The van der Waals surface area contributed by atoms with Crippen molar-refractivity contribution in [2.45, 2.75) is 25.9 Å². The molecule has 0 spiro atoms. The quantitative estimate of drug-likeness (QED) is 0.712. The minimum Gasteiger partial charge on any atom is -0.497 e. The molecule has 146 valence electrons. The number of methoxy groups -OCH3 is 1. The number of aromatic nitrogens is 1. The van der Waals surface area contributed by atoms with Crippen LogP contribution in [0.4, 0.5) is 0 Å². The summed E-state index contributed by atoms with van der Waals surface area (Å²) in [5.41, 5.74) is 4.10. The van der Waals surface area contributed by atoms with Crippen LogP contribution in [0, 0.1) is 0 Å². The standard InChI is InChI=1S/C23H27N3O2/c1-25-21-9-8-20(28-2)13-19(21)14-22(25)23(27)24-15-17-6-5-7-18(12-17)16-26-10-3-4-11-26/h5-9,12-14H,3-4,10-11,15-16H2,1-2H3,(H,24,27). The molecule has 0 radical (unpaired) electrons. The number of hydrogen-bond donors (Lipinski definition) is 1. The summed E-state index contributed by atoms with van der Waals surface area (Å²) in [6, 6.07) is 16.3. The first kappa shape index (κ1) is 18.6. The lowest BCUT2D eigenvalue weighted by Crippen LogP contribution is -2.25. The van der Waals surface area contributed by atoms with E-state index in [-0.39, 0.29) is 5.91 Å². The number of likely N-dealkylation sites (tertiary alicyclic amines) is 1. The van der Waals surface area contributed by atoms with E-state index >= 15 is 0 Å². The van der Waals surface area contributed by atoms with Crippen LogP contribution < -0.4 is 10.1 Å². The Morgan fingerprint density at radius 1 is 1.07 bits per heavy atom. The highest BCUT2D eigenvalue weighted by Gasteiger charge is 2.14. The summed E-state index contributed by atoms with van der Waals surface area (Å²) in [6.45, 7) is 3.89. The fourth-order valence-corrected chi connectivity index (χ4v) is 3.98. The fraction of sp³-hybridized carbons (Fsp3) is 0.348. The van der Waals surface area contributed by atoms with Crippen molar-refractivity contribution >= 4 is 16.8 Å². The first-order valence-corrected chi connectivity index (χ1v) is 9.86. The molecule has 1 aliphatic rings. The zero-order chi connectivity index (χ0) is 19.5. The first-order valence-electron chi connectivity index (χ1n) is 9.86. The van der Waals surface area contributed by atoms with Gasteiger partial charge in [0.15, 0.2) is 0 Å². The van der Waals surface area contributed by atoms with Crippen LogP contribution in [0.25, 0.3) is 10.9 Å². The van der Waals surface area contributed by atoms with Crippen LogP contribution in [-0.4, -0.2) is 35.6 Å². The van der Waals surface area contributed by atoms with Gasteiger partial charge in [-0.15, -0.1) is 0 Å². The maximum atomic E-state index is 12.8. The summed E-state index contributed by atoms with van der Waals surface area (Å²) in [5.74, 6) is 0.725. The van der Waals surface area contributed by atoms with Crippen LogP contribution in [0.1, 0.15) is 34.5 Å². The van der Waals surface area contributed by atoms with E-state index in [1.54, 1.807) is 7.11 Å². The molecular formula is C23H27N3O2. The lowest BCUT2D eigenvalue weighted by atomic mass is 10.1. The van der Waals surface area contributed by atoms with Crippen molar-refractivity contribution in [2.24, 2.45) is 7.05 Å². The minimum absolute atomic E-state index is 0.0670. The number of benzene rings is 2. The van der Waals surface area contributed by atoms with Gasteiger partial charge in [0.1, 0.15) is 11.4 Å². The number of aryl methyl sites for hydroxylation is 1. The molecule has 1 aliphatic heterocycles. The lowest BCUT2D eigenvalue weighted by Gasteiger charge is -2.15. The monoisotopic (exact) mass is 377 g/mol. The normalized spacial score (nSPS) is 14.5. The Kier molecular flexibility index (Phi) is 5.35. The lowest BCUT2D eigenvalue weighted by molar-refractivity contribution is 0.0943. The number of amides is 1. The Balaban J connectivity index is 1.44. The molecule has 1 aromatic heterocycles. The molecule has 0 unspecified atom stereocenters. The number of nitrogens with one attached hydrogen (secondary N) is 1. The van der Waals surface area contributed by atoms with Crippen LogP contribution in [0.2, 0.25) is 0 Å². The number of hydrogen-bond acceptors (Lipinski definition) is 3. The third-order valence-electron chi connectivity index (χ3n) is 5.53. The summed E-state index contributed by atoms with van der Waals surface area (Å²) in [6.07, 6.45) is 2.60. The zero-order valence-corrected chi connectivity index (χ0v) is 16.6. The van der Waals surface area contributed by atoms with E-state index in [2.05, 4.69) is 34.5 Å². The van der Waals surface area contributed by atoms with E-state index in [4.69, 9.17) is 4.74 Å². The van der Waals surface area contributed by atoms with E-state index in [0.29, 0.717) is 12.2 Å². The smallest absolute Gasteiger partial charge is 0.268 e. The van der Waals surface area contributed by atoms with Gasteiger partial charge in [0.2, 0.25) is 0 Å². The van der Waals surface area contributed by atoms with Crippen LogP contribution in [-0.2, 0) is 20.1 Å². The highest BCUT2D eigenvalue weighted by Crippen LogP contribution is 2.24. The third-order valence-corrected chi connectivity index (χ3v) is 5.53. The summed E-state index contributed by atoms with van der Waals surface area (Å²) >= 11 is 0. The van der Waals surface area contributed by atoms with Crippen molar-refractivity contribution in [1.29, 1.82) is 0 Å². The van der Waals surface area contributed by atoms with Crippen LogP contribution in [0.5, 0.6) is 5.75 Å². The SMILES string of the molecule is COc1ccc2c(c1)cc(C(=O)NCc1cccc(CN3CCCC3)c1)n2C. The van der Waals surface area contributed by atoms with E-state index in [9.17, 15) is 4.79 Å². The van der Waals surface area contributed by atoms with Crippen molar-refractivity contribution in [3.05, 3.63) is 65.4 Å². The van der Waals surface area contributed by atoms with Gasteiger partial charge in [-0.2, -0.15) is 0 Å². The number of carbonyl (C=O) groups is 1. The van der Waals surface area contributed by atoms with Crippen molar-refractivity contribution in [3.8, 4) is 5.75 Å². The van der Waals surface area contributed by atoms with Crippen molar-refractivity contribution < 1.29 is 9.53 Å². The van der Waals surface area contributed by atoms with Gasteiger partial charge in [-0.25, -0.2) is 0 Å². The summed E-state index contributed by atoms with van der Waals surface area (Å²) in [4.78, 5) is 15.2. The van der Waals surface area contributed by atoms with Crippen molar-refractivity contribution in [3.63, 3.8) is 0 Å². The molecule has 1 saturated heterocycles. The van der Waals surface area contributed by atoms with Crippen molar-refractivity contribution in [1.82, 2.24) is 14.8 Å². The molecule has 1 fully saturated rings. The topological polar surface area (TPSA) is 46.5 Å². The number of carbonyl (C=O) groups excluding carboxylic acids is 1. The number of fused-ring (bicyclic) bond motifs is 1. The summed E-state index contributed by atoms with van der Waals surface area (Å²) in [5, 5.41) is 4.06. The number of rotatable bonds is 6. The predicted molar refractivity (Wildman–Crippen MR) is 112 cm³/mol. The summed E-state index contributed by atoms with van der Waals surface area (Å²) < 4.78 is 7.21. The predicted octanol–water partition coefficient (Wildman–Crippen LogP) is 3.71. The molecule has 4 rings (SSSR count). The van der Waals surface area contributed by atoms with E-state index < -0.39 is 0 Å². The fourth-order valence-electron chi connectivity index (χ4n) is 3.98. The Morgan fingerprint density at radius 2 is 1.86 bits per heavy atom. The van der Waals surface area contributed by atoms with Crippen LogP contribution in [0.15, 0.2) is 48.5 Å². The first-order chi connectivity index (χ1) is 13.6. The Labute approximate surface area is 165 Å². The second kappa shape index (κ2) is 8.07. The molecule has 1 amide bonds. The molecule has 0 aliphatic carbocycles. The molecule has 5 nitrogen and oxygen atoms in total. The molecule has 5 heteroatoms. The molecule has 2 heterocycles. The zero-order valence-electron chi connectivity index (χ0n) is 16.6. The number of ether oxygens (including phenoxy) is 1. The number of nitrogens with zero attached hydrogens (tertiary/aromatic N) is 2. The molecule has 0 atom stereocenters. The second-order valence-corrected chi connectivity index (χ2v) is 7.50. The highest BCUT2D eigenvalue weighted by atomic mass is 16.5. The molecule has 0 saturated carbocycles. The second-order valence-electron chi connectivity index (χ2n) is 7.50. The molecule has 2 aromatic carbocycles. The largest absolute Gasteiger partial charge is 0.497 e. The average Bonchev–Trinajstić information content (AvgIpc) is 3.34. The van der Waals surface area contributed by atoms with Gasteiger partial charge in [-0.1, -0.05) is 24.3 Å². The molecule has 0 bridgehead atoms.